The van der Waals surface area contributed by atoms with Crippen molar-refractivity contribution in [3.05, 3.63) is 49.6 Å². The molecule has 1 aromatic carbocycles. The molecule has 0 saturated heterocycles. The second-order valence-corrected chi connectivity index (χ2v) is 7.75. The van der Waals surface area contributed by atoms with E-state index < -0.39 is 0 Å². The van der Waals surface area contributed by atoms with E-state index in [4.69, 9.17) is 16.3 Å². The summed E-state index contributed by atoms with van der Waals surface area (Å²) in [4.78, 5) is 2.80. The fourth-order valence-electron chi connectivity index (χ4n) is 2.75. The molecule has 0 bridgehead atoms. The number of rotatable bonds is 4. The predicted molar refractivity (Wildman–Crippen MR) is 94.0 cm³/mol. The number of halogens is 2. The highest BCUT2D eigenvalue weighted by atomic mass is 79.9. The van der Waals surface area contributed by atoms with Crippen LogP contribution in [0.3, 0.4) is 0 Å². The third kappa shape index (κ3) is 3.30. The van der Waals surface area contributed by atoms with Gasteiger partial charge in [0.25, 0.3) is 0 Å². The van der Waals surface area contributed by atoms with Crippen LogP contribution in [0, 0.1) is 0 Å². The van der Waals surface area contributed by atoms with Crippen molar-refractivity contribution in [3.63, 3.8) is 0 Å². The van der Waals surface area contributed by atoms with E-state index in [-0.39, 0.29) is 5.38 Å². The van der Waals surface area contributed by atoms with Gasteiger partial charge in [0.2, 0.25) is 0 Å². The predicted octanol–water partition coefficient (Wildman–Crippen LogP) is 6.12. The van der Waals surface area contributed by atoms with E-state index in [9.17, 15) is 0 Å². The van der Waals surface area contributed by atoms with Gasteiger partial charge in [-0.3, -0.25) is 0 Å². The summed E-state index contributed by atoms with van der Waals surface area (Å²) in [5, 5.41) is -0.0763. The standard InChI is InChI=1S/C17H18BrClOS/c1-2-20-14-8-7-12(9-13(14)18)17(19)16-10-11-5-3-4-6-15(11)21-16/h7-10,17H,2-6H2,1H3. The van der Waals surface area contributed by atoms with Crippen molar-refractivity contribution in [3.8, 4) is 5.75 Å². The third-order valence-electron chi connectivity index (χ3n) is 3.81. The van der Waals surface area contributed by atoms with Crippen LogP contribution in [-0.4, -0.2) is 6.61 Å². The molecule has 21 heavy (non-hydrogen) atoms. The van der Waals surface area contributed by atoms with E-state index >= 15 is 0 Å². The Hall–Kier alpha value is -0.510. The summed E-state index contributed by atoms with van der Waals surface area (Å²) in [6, 6.07) is 8.43. The summed E-state index contributed by atoms with van der Waals surface area (Å²) >= 11 is 12.1. The minimum Gasteiger partial charge on any atom is -0.493 e. The Morgan fingerprint density at radius 3 is 2.81 bits per heavy atom. The zero-order valence-corrected chi connectivity index (χ0v) is 15.2. The highest BCUT2D eigenvalue weighted by Crippen LogP contribution is 2.40. The molecule has 0 spiro atoms. The van der Waals surface area contributed by atoms with Gasteiger partial charge in [0.15, 0.2) is 0 Å². The van der Waals surface area contributed by atoms with E-state index in [1.807, 2.05) is 24.3 Å². The summed E-state index contributed by atoms with van der Waals surface area (Å²) in [6.07, 6.45) is 5.05. The normalized spacial score (nSPS) is 15.6. The summed E-state index contributed by atoms with van der Waals surface area (Å²) in [5.74, 6) is 0.871. The first-order chi connectivity index (χ1) is 10.2. The van der Waals surface area contributed by atoms with Gasteiger partial charge in [0.05, 0.1) is 16.5 Å². The van der Waals surface area contributed by atoms with Crippen molar-refractivity contribution < 1.29 is 4.74 Å². The number of aryl methyl sites for hydroxylation is 2. The minimum absolute atomic E-state index is 0.0763. The molecule has 1 atom stereocenters. The van der Waals surface area contributed by atoms with Gasteiger partial charge in [-0.05, 0) is 77.9 Å². The largest absolute Gasteiger partial charge is 0.493 e. The van der Waals surface area contributed by atoms with Crippen LogP contribution >= 0.6 is 38.9 Å². The van der Waals surface area contributed by atoms with Crippen molar-refractivity contribution in [2.45, 2.75) is 38.0 Å². The molecule has 3 rings (SSSR count). The second-order valence-electron chi connectivity index (χ2n) is 5.29. The van der Waals surface area contributed by atoms with Crippen molar-refractivity contribution in [2.75, 3.05) is 6.61 Å². The van der Waals surface area contributed by atoms with E-state index in [1.165, 1.54) is 41.0 Å². The Morgan fingerprint density at radius 1 is 1.29 bits per heavy atom. The molecule has 0 radical (unpaired) electrons. The molecule has 0 N–H and O–H groups in total. The van der Waals surface area contributed by atoms with Crippen LogP contribution in [0.2, 0.25) is 0 Å². The lowest BCUT2D eigenvalue weighted by molar-refractivity contribution is 0.338. The Morgan fingerprint density at radius 2 is 2.10 bits per heavy atom. The van der Waals surface area contributed by atoms with Crippen LogP contribution in [0.4, 0.5) is 0 Å². The van der Waals surface area contributed by atoms with E-state index in [2.05, 4.69) is 34.1 Å². The first-order valence-electron chi connectivity index (χ1n) is 7.37. The molecule has 1 nitrogen and oxygen atoms in total. The Balaban J connectivity index is 1.86. The van der Waals surface area contributed by atoms with E-state index in [0.29, 0.717) is 6.61 Å². The van der Waals surface area contributed by atoms with Gasteiger partial charge in [0.1, 0.15) is 5.75 Å². The molecule has 4 heteroatoms. The van der Waals surface area contributed by atoms with Crippen molar-refractivity contribution in [1.82, 2.24) is 0 Å². The number of alkyl halides is 1. The number of hydrogen-bond donors (Lipinski definition) is 0. The monoisotopic (exact) mass is 384 g/mol. The Labute approximate surface area is 143 Å². The molecule has 1 aliphatic rings. The fourth-order valence-corrected chi connectivity index (χ4v) is 4.86. The van der Waals surface area contributed by atoms with Gasteiger partial charge < -0.3 is 4.74 Å². The highest BCUT2D eigenvalue weighted by molar-refractivity contribution is 9.10. The SMILES string of the molecule is CCOc1ccc(C(Cl)c2cc3c(s2)CCCC3)cc1Br. The number of fused-ring (bicyclic) bond motifs is 1. The summed E-state index contributed by atoms with van der Waals surface area (Å²) in [6.45, 7) is 2.65. The fraction of sp³-hybridized carbons (Fsp3) is 0.412. The van der Waals surface area contributed by atoms with E-state index in [0.717, 1.165) is 15.8 Å². The Kier molecular flexibility index (Phi) is 4.92. The second kappa shape index (κ2) is 6.72. The van der Waals surface area contributed by atoms with Crippen LogP contribution < -0.4 is 4.74 Å². The van der Waals surface area contributed by atoms with Crippen LogP contribution in [0.5, 0.6) is 5.75 Å². The molecule has 0 fully saturated rings. The molecule has 2 aromatic rings. The van der Waals surface area contributed by atoms with Crippen molar-refractivity contribution in [2.24, 2.45) is 0 Å². The zero-order chi connectivity index (χ0) is 14.8. The van der Waals surface area contributed by atoms with Gasteiger partial charge in [-0.1, -0.05) is 6.07 Å². The highest BCUT2D eigenvalue weighted by Gasteiger charge is 2.19. The smallest absolute Gasteiger partial charge is 0.133 e. The third-order valence-corrected chi connectivity index (χ3v) is 6.35. The lowest BCUT2D eigenvalue weighted by Crippen LogP contribution is -1.96. The Bertz CT molecular complexity index is 614. The number of hydrogen-bond acceptors (Lipinski definition) is 2. The maximum atomic E-state index is 6.70. The number of thiophene rings is 1. The molecule has 0 saturated carbocycles. The molecule has 112 valence electrons. The summed E-state index contributed by atoms with van der Waals surface area (Å²) < 4.78 is 6.52. The maximum Gasteiger partial charge on any atom is 0.133 e. The average molecular weight is 386 g/mol. The average Bonchev–Trinajstić information content (AvgIpc) is 2.92. The molecule has 1 unspecified atom stereocenters. The molecule has 1 aromatic heterocycles. The lowest BCUT2D eigenvalue weighted by Gasteiger charge is -2.11. The molecule has 1 heterocycles. The van der Waals surface area contributed by atoms with Crippen LogP contribution in [-0.2, 0) is 12.8 Å². The lowest BCUT2D eigenvalue weighted by atomic mass is 9.99. The zero-order valence-electron chi connectivity index (χ0n) is 12.0. The summed E-state index contributed by atoms with van der Waals surface area (Å²) in [7, 11) is 0. The summed E-state index contributed by atoms with van der Waals surface area (Å²) in [5.41, 5.74) is 2.63. The van der Waals surface area contributed by atoms with Gasteiger partial charge in [-0.25, -0.2) is 0 Å². The topological polar surface area (TPSA) is 9.23 Å². The van der Waals surface area contributed by atoms with Crippen molar-refractivity contribution in [1.29, 1.82) is 0 Å². The van der Waals surface area contributed by atoms with Crippen molar-refractivity contribution >= 4 is 38.9 Å². The van der Waals surface area contributed by atoms with E-state index in [1.54, 1.807) is 0 Å². The first kappa shape index (κ1) is 15.4. The first-order valence-corrected chi connectivity index (χ1v) is 9.41. The van der Waals surface area contributed by atoms with Gasteiger partial charge in [0, 0.05) is 9.75 Å². The van der Waals surface area contributed by atoms with Crippen LogP contribution in [0.1, 0.15) is 46.0 Å². The molecule has 0 amide bonds. The molecule has 1 aliphatic carbocycles. The molecular formula is C17H18BrClOS. The quantitative estimate of drug-likeness (QED) is 0.576. The van der Waals surface area contributed by atoms with Crippen LogP contribution in [0.15, 0.2) is 28.7 Å². The van der Waals surface area contributed by atoms with Gasteiger partial charge >= 0.3 is 0 Å². The molecular weight excluding hydrogens is 368 g/mol. The number of benzene rings is 1. The van der Waals surface area contributed by atoms with Crippen LogP contribution in [0.25, 0.3) is 0 Å². The minimum atomic E-state index is -0.0763. The van der Waals surface area contributed by atoms with Gasteiger partial charge in [-0.15, -0.1) is 22.9 Å². The maximum absolute atomic E-state index is 6.70. The number of ether oxygens (including phenoxy) is 1. The molecule has 0 aliphatic heterocycles. The van der Waals surface area contributed by atoms with Gasteiger partial charge in [-0.2, -0.15) is 0 Å².